The first-order valence-corrected chi connectivity index (χ1v) is 8.22. The molecule has 2 aromatic rings. The largest absolute Gasteiger partial charge is 0.325 e. The molecule has 7 heteroatoms. The molecule has 0 saturated heterocycles. The molecule has 2 amide bonds. The summed E-state index contributed by atoms with van der Waals surface area (Å²) in [5, 5.41) is 4.80. The predicted molar refractivity (Wildman–Crippen MR) is 92.0 cm³/mol. The molecular formula is C17H16F2N2O2S. The Labute approximate surface area is 142 Å². The smallest absolute Gasteiger partial charge is 0.237 e. The van der Waals surface area contributed by atoms with Gasteiger partial charge in [-0.1, -0.05) is 0 Å². The highest BCUT2D eigenvalue weighted by atomic mass is 32.2. The lowest BCUT2D eigenvalue weighted by molar-refractivity contribution is -0.115. The average molecular weight is 350 g/mol. The number of hydrogen-bond donors (Lipinski definition) is 2. The summed E-state index contributed by atoms with van der Waals surface area (Å²) in [5.74, 6) is -1.24. The molecule has 0 bridgehead atoms. The van der Waals surface area contributed by atoms with Gasteiger partial charge in [-0.2, -0.15) is 0 Å². The Hall–Kier alpha value is -2.41. The summed E-state index contributed by atoms with van der Waals surface area (Å²) in [4.78, 5) is 23.8. The second-order valence-corrected chi connectivity index (χ2v) is 6.33. The molecule has 0 aliphatic rings. The minimum Gasteiger partial charge on any atom is -0.325 e. The van der Waals surface area contributed by atoms with Gasteiger partial charge in [0, 0.05) is 11.4 Å². The van der Waals surface area contributed by atoms with Crippen LogP contribution in [0.15, 0.2) is 48.5 Å². The third kappa shape index (κ3) is 5.66. The summed E-state index contributed by atoms with van der Waals surface area (Å²) in [6.07, 6.45) is 0. The molecule has 24 heavy (non-hydrogen) atoms. The van der Waals surface area contributed by atoms with Crippen LogP contribution in [-0.2, 0) is 9.59 Å². The Balaban J connectivity index is 1.77. The Morgan fingerprint density at radius 2 is 1.38 bits per heavy atom. The zero-order valence-corrected chi connectivity index (χ0v) is 13.7. The fourth-order valence-corrected chi connectivity index (χ4v) is 2.47. The number of carbonyl (C=O) groups excluding carboxylic acids is 2. The molecule has 4 nitrogen and oxygen atoms in total. The van der Waals surface area contributed by atoms with Gasteiger partial charge in [-0.05, 0) is 55.5 Å². The highest BCUT2D eigenvalue weighted by molar-refractivity contribution is 8.01. The quantitative estimate of drug-likeness (QED) is 0.836. The predicted octanol–water partition coefficient (Wildman–Crippen LogP) is 3.66. The van der Waals surface area contributed by atoms with E-state index in [-0.39, 0.29) is 29.2 Å². The van der Waals surface area contributed by atoms with Crippen molar-refractivity contribution in [3.8, 4) is 0 Å². The molecule has 126 valence electrons. The summed E-state index contributed by atoms with van der Waals surface area (Å²) in [7, 11) is 0. The Morgan fingerprint density at radius 3 is 1.88 bits per heavy atom. The fourth-order valence-electron chi connectivity index (χ4n) is 1.78. The molecule has 0 unspecified atom stereocenters. The van der Waals surface area contributed by atoms with E-state index in [4.69, 9.17) is 0 Å². The molecule has 2 N–H and O–H groups in total. The number of nitrogens with one attached hydrogen (secondary N) is 2. The second-order valence-electron chi connectivity index (χ2n) is 5.00. The van der Waals surface area contributed by atoms with Crippen molar-refractivity contribution in [2.24, 2.45) is 0 Å². The van der Waals surface area contributed by atoms with E-state index in [0.29, 0.717) is 11.4 Å². The van der Waals surface area contributed by atoms with Crippen molar-refractivity contribution in [3.63, 3.8) is 0 Å². The van der Waals surface area contributed by atoms with Crippen molar-refractivity contribution in [1.82, 2.24) is 0 Å². The fraction of sp³-hybridized carbons (Fsp3) is 0.176. The van der Waals surface area contributed by atoms with Crippen LogP contribution in [0.4, 0.5) is 20.2 Å². The van der Waals surface area contributed by atoms with Crippen molar-refractivity contribution in [2.45, 2.75) is 12.2 Å². The van der Waals surface area contributed by atoms with Crippen LogP contribution in [0.5, 0.6) is 0 Å². The molecule has 2 rings (SSSR count). The van der Waals surface area contributed by atoms with Gasteiger partial charge in [0.25, 0.3) is 0 Å². The van der Waals surface area contributed by atoms with Crippen LogP contribution < -0.4 is 10.6 Å². The number of amides is 2. The lowest BCUT2D eigenvalue weighted by Gasteiger charge is -2.12. The van der Waals surface area contributed by atoms with Crippen molar-refractivity contribution in [1.29, 1.82) is 0 Å². The number of halogens is 2. The zero-order valence-electron chi connectivity index (χ0n) is 12.9. The van der Waals surface area contributed by atoms with Gasteiger partial charge < -0.3 is 10.6 Å². The zero-order chi connectivity index (χ0) is 17.5. The van der Waals surface area contributed by atoms with Gasteiger partial charge in [-0.15, -0.1) is 11.8 Å². The molecule has 2 aromatic carbocycles. The monoisotopic (exact) mass is 350 g/mol. The molecule has 0 aromatic heterocycles. The maximum Gasteiger partial charge on any atom is 0.237 e. The molecular weight excluding hydrogens is 334 g/mol. The van der Waals surface area contributed by atoms with Crippen LogP contribution in [0, 0.1) is 11.6 Å². The minimum atomic E-state index is -0.464. The van der Waals surface area contributed by atoms with E-state index in [9.17, 15) is 18.4 Å². The number of anilines is 2. The van der Waals surface area contributed by atoms with Crippen LogP contribution in [-0.4, -0.2) is 22.8 Å². The van der Waals surface area contributed by atoms with Crippen LogP contribution in [0.1, 0.15) is 6.92 Å². The molecule has 0 saturated carbocycles. The average Bonchev–Trinajstić information content (AvgIpc) is 2.57. The first kappa shape index (κ1) is 17.9. The third-order valence-corrected chi connectivity index (χ3v) is 4.22. The molecule has 0 radical (unpaired) electrons. The number of thioether (sulfide) groups is 1. The van der Waals surface area contributed by atoms with Gasteiger partial charge >= 0.3 is 0 Å². The molecule has 0 fully saturated rings. The summed E-state index contributed by atoms with van der Waals surface area (Å²) in [6.45, 7) is 1.68. The van der Waals surface area contributed by atoms with Gasteiger partial charge in [0.2, 0.25) is 11.8 Å². The lowest BCUT2D eigenvalue weighted by Crippen LogP contribution is -2.25. The Kier molecular flexibility index (Phi) is 6.31. The summed E-state index contributed by atoms with van der Waals surface area (Å²) in [5.41, 5.74) is 0.982. The number of hydrogen-bond acceptors (Lipinski definition) is 3. The summed E-state index contributed by atoms with van der Waals surface area (Å²) in [6, 6.07) is 10.9. The first-order chi connectivity index (χ1) is 11.4. The van der Waals surface area contributed by atoms with Crippen molar-refractivity contribution in [2.75, 3.05) is 16.4 Å². The summed E-state index contributed by atoms with van der Waals surface area (Å²) < 4.78 is 25.6. The van der Waals surface area contributed by atoms with Gasteiger partial charge in [0.1, 0.15) is 11.6 Å². The van der Waals surface area contributed by atoms with E-state index >= 15 is 0 Å². The maximum atomic E-state index is 12.8. The third-order valence-electron chi connectivity index (χ3n) is 3.07. The van der Waals surface area contributed by atoms with Crippen molar-refractivity contribution < 1.29 is 18.4 Å². The number of benzene rings is 2. The Bertz CT molecular complexity index is 706. The summed E-state index contributed by atoms with van der Waals surface area (Å²) >= 11 is 1.17. The van der Waals surface area contributed by atoms with Crippen LogP contribution in [0.25, 0.3) is 0 Å². The van der Waals surface area contributed by atoms with Crippen molar-refractivity contribution >= 4 is 35.0 Å². The van der Waals surface area contributed by atoms with Gasteiger partial charge in [-0.25, -0.2) is 8.78 Å². The highest BCUT2D eigenvalue weighted by Crippen LogP contribution is 2.16. The molecule has 0 spiro atoms. The Morgan fingerprint density at radius 1 is 0.917 bits per heavy atom. The van der Waals surface area contributed by atoms with Gasteiger partial charge in [0.05, 0.1) is 11.0 Å². The van der Waals surface area contributed by atoms with E-state index in [2.05, 4.69) is 10.6 Å². The van der Waals surface area contributed by atoms with E-state index < -0.39 is 5.25 Å². The van der Waals surface area contributed by atoms with E-state index in [1.807, 2.05) is 0 Å². The molecule has 0 heterocycles. The van der Waals surface area contributed by atoms with E-state index in [1.165, 1.54) is 60.3 Å². The van der Waals surface area contributed by atoms with E-state index in [1.54, 1.807) is 6.92 Å². The number of carbonyl (C=O) groups is 2. The SMILES string of the molecule is C[C@@H](SCC(=O)Nc1ccc(F)cc1)C(=O)Nc1ccc(F)cc1. The van der Waals surface area contributed by atoms with Gasteiger partial charge in [0.15, 0.2) is 0 Å². The van der Waals surface area contributed by atoms with Gasteiger partial charge in [-0.3, -0.25) is 9.59 Å². The van der Waals surface area contributed by atoms with E-state index in [0.717, 1.165) is 0 Å². The molecule has 0 aliphatic carbocycles. The topological polar surface area (TPSA) is 58.2 Å². The maximum absolute atomic E-state index is 12.8. The van der Waals surface area contributed by atoms with Crippen LogP contribution in [0.3, 0.4) is 0 Å². The van der Waals surface area contributed by atoms with Crippen LogP contribution >= 0.6 is 11.8 Å². The van der Waals surface area contributed by atoms with Crippen molar-refractivity contribution in [3.05, 3.63) is 60.2 Å². The number of rotatable bonds is 6. The minimum absolute atomic E-state index is 0.0788. The molecule has 1 atom stereocenters. The van der Waals surface area contributed by atoms with Crippen LogP contribution in [0.2, 0.25) is 0 Å². The first-order valence-electron chi connectivity index (χ1n) is 7.17. The highest BCUT2D eigenvalue weighted by Gasteiger charge is 2.15. The lowest BCUT2D eigenvalue weighted by atomic mass is 10.3. The second kappa shape index (κ2) is 8.44. The standard InChI is InChI=1S/C17H16F2N2O2S/c1-11(17(23)21-15-8-4-13(19)5-9-15)24-10-16(22)20-14-6-2-12(18)3-7-14/h2-9,11H,10H2,1H3,(H,20,22)(H,21,23)/t11-/m1/s1. The molecule has 0 aliphatic heterocycles. The normalized spacial score (nSPS) is 11.6.